The fourth-order valence-electron chi connectivity index (χ4n) is 3.48. The van der Waals surface area contributed by atoms with Gasteiger partial charge in [0.25, 0.3) is 11.4 Å². The highest BCUT2D eigenvalue weighted by molar-refractivity contribution is 6.36. The minimum absolute atomic E-state index is 0.203. The summed E-state index contributed by atoms with van der Waals surface area (Å²) in [5.74, 6) is 0.608. The molecule has 1 N–H and O–H groups in total. The SMILES string of the molecule is CC(C)(c1noc(-c2ccccc2CC#N)n1)c1c(Cl)cc(-n2ncc(=O)[nH]c2=O)cc1Cl. The van der Waals surface area contributed by atoms with Crippen molar-refractivity contribution in [1.29, 1.82) is 5.26 Å². The summed E-state index contributed by atoms with van der Waals surface area (Å²) < 4.78 is 6.48. The molecule has 0 fully saturated rings. The third-order valence-electron chi connectivity index (χ3n) is 5.11. The predicted octanol–water partition coefficient (Wildman–Crippen LogP) is 3.67. The number of nitrogens with one attached hydrogen (secondary N) is 1. The molecule has 0 spiro atoms. The standard InChI is InChI=1S/C22H16Cl2N6O3/c1-22(2,20-28-19(33-29-20)14-6-4-3-5-12(14)7-8-25)18-15(23)9-13(10-16(18)24)30-21(32)27-17(31)11-26-30/h3-6,9-11H,7H2,1-2H3,(H,27,31,32). The Hall–Kier alpha value is -3.74. The number of benzene rings is 2. The van der Waals surface area contributed by atoms with Crippen molar-refractivity contribution in [2.24, 2.45) is 0 Å². The molecule has 2 aromatic carbocycles. The molecule has 0 aliphatic rings. The Balaban J connectivity index is 1.76. The monoisotopic (exact) mass is 482 g/mol. The molecule has 0 saturated heterocycles. The van der Waals surface area contributed by atoms with Gasteiger partial charge in [-0.25, -0.2) is 4.79 Å². The zero-order chi connectivity index (χ0) is 23.8. The Labute approximate surface area is 197 Å². The van der Waals surface area contributed by atoms with Crippen molar-refractivity contribution < 1.29 is 4.52 Å². The fraction of sp³-hybridized carbons (Fsp3) is 0.182. The van der Waals surface area contributed by atoms with Crippen LogP contribution in [0.5, 0.6) is 0 Å². The quantitative estimate of drug-likeness (QED) is 0.458. The highest BCUT2D eigenvalue weighted by Gasteiger charge is 2.34. The molecule has 9 nitrogen and oxygen atoms in total. The molecule has 0 amide bonds. The number of nitriles is 1. The van der Waals surface area contributed by atoms with Crippen molar-refractivity contribution in [3.8, 4) is 23.2 Å². The van der Waals surface area contributed by atoms with Crippen molar-refractivity contribution in [3.63, 3.8) is 0 Å². The van der Waals surface area contributed by atoms with Crippen molar-refractivity contribution >= 4 is 23.2 Å². The predicted molar refractivity (Wildman–Crippen MR) is 122 cm³/mol. The minimum atomic E-state index is -0.873. The van der Waals surface area contributed by atoms with E-state index in [0.29, 0.717) is 17.0 Å². The van der Waals surface area contributed by atoms with Crippen molar-refractivity contribution in [2.75, 3.05) is 0 Å². The largest absolute Gasteiger partial charge is 0.349 e. The van der Waals surface area contributed by atoms with E-state index in [-0.39, 0.29) is 28.0 Å². The molecular weight excluding hydrogens is 467 g/mol. The number of H-pyrrole nitrogens is 1. The smallest absolute Gasteiger partial charge is 0.334 e. The van der Waals surface area contributed by atoms with Crippen LogP contribution in [0.3, 0.4) is 0 Å². The van der Waals surface area contributed by atoms with Gasteiger partial charge in [-0.15, -0.1) is 0 Å². The summed E-state index contributed by atoms with van der Waals surface area (Å²) in [7, 11) is 0. The van der Waals surface area contributed by atoms with E-state index in [1.165, 1.54) is 12.1 Å². The van der Waals surface area contributed by atoms with Crippen LogP contribution in [0.25, 0.3) is 17.1 Å². The van der Waals surface area contributed by atoms with Gasteiger partial charge in [0.1, 0.15) is 6.20 Å². The number of hydrogen-bond acceptors (Lipinski definition) is 7. The minimum Gasteiger partial charge on any atom is -0.334 e. The maximum atomic E-state index is 12.1. The first-order valence-corrected chi connectivity index (χ1v) is 10.5. The van der Waals surface area contributed by atoms with Crippen LogP contribution in [0, 0.1) is 11.3 Å². The van der Waals surface area contributed by atoms with E-state index < -0.39 is 16.7 Å². The van der Waals surface area contributed by atoms with E-state index >= 15 is 0 Å². The van der Waals surface area contributed by atoms with Crippen LogP contribution in [0.15, 0.2) is 56.7 Å². The molecule has 0 bridgehead atoms. The number of rotatable bonds is 5. The first kappa shape index (κ1) is 22.5. The zero-order valence-electron chi connectivity index (χ0n) is 17.5. The highest BCUT2D eigenvalue weighted by atomic mass is 35.5. The van der Waals surface area contributed by atoms with E-state index in [4.69, 9.17) is 33.0 Å². The molecule has 4 rings (SSSR count). The molecule has 0 atom stereocenters. The summed E-state index contributed by atoms with van der Waals surface area (Å²) in [6, 6.07) is 12.4. The summed E-state index contributed by atoms with van der Waals surface area (Å²) in [6.07, 6.45) is 1.18. The van der Waals surface area contributed by atoms with Gasteiger partial charge in [0.05, 0.1) is 23.6 Å². The third kappa shape index (κ3) is 4.18. The van der Waals surface area contributed by atoms with E-state index in [2.05, 4.69) is 26.3 Å². The van der Waals surface area contributed by atoms with Crippen molar-refractivity contribution in [3.05, 3.63) is 90.4 Å². The van der Waals surface area contributed by atoms with E-state index in [0.717, 1.165) is 16.4 Å². The molecule has 2 heterocycles. The van der Waals surface area contributed by atoms with Gasteiger partial charge in [0.2, 0.25) is 0 Å². The molecule has 0 aliphatic carbocycles. The molecular formula is C22H16Cl2N6O3. The first-order chi connectivity index (χ1) is 15.7. The maximum absolute atomic E-state index is 12.1. The van der Waals surface area contributed by atoms with Crippen LogP contribution in [0.2, 0.25) is 10.0 Å². The van der Waals surface area contributed by atoms with Gasteiger partial charge in [-0.2, -0.15) is 20.0 Å². The van der Waals surface area contributed by atoms with Gasteiger partial charge in [0, 0.05) is 21.2 Å². The number of halogens is 2. The number of nitrogens with zero attached hydrogens (tertiary/aromatic N) is 5. The Morgan fingerprint density at radius 2 is 1.88 bits per heavy atom. The number of aromatic amines is 1. The van der Waals surface area contributed by atoms with Gasteiger partial charge in [0.15, 0.2) is 5.82 Å². The molecule has 11 heteroatoms. The lowest BCUT2D eigenvalue weighted by atomic mass is 9.83. The normalized spacial score (nSPS) is 11.4. The van der Waals surface area contributed by atoms with E-state index in [9.17, 15) is 9.59 Å². The van der Waals surface area contributed by atoms with Gasteiger partial charge in [-0.1, -0.05) is 46.6 Å². The van der Waals surface area contributed by atoms with Gasteiger partial charge >= 0.3 is 5.69 Å². The topological polar surface area (TPSA) is 130 Å². The molecule has 4 aromatic rings. The molecule has 0 aliphatic heterocycles. The van der Waals surface area contributed by atoms with Crippen molar-refractivity contribution in [1.82, 2.24) is 24.9 Å². The summed E-state index contributed by atoms with van der Waals surface area (Å²) >= 11 is 13.1. The third-order valence-corrected chi connectivity index (χ3v) is 5.71. The maximum Gasteiger partial charge on any atom is 0.349 e. The second kappa shape index (κ2) is 8.65. The lowest BCUT2D eigenvalue weighted by Gasteiger charge is -2.24. The lowest BCUT2D eigenvalue weighted by molar-refractivity contribution is 0.408. The average Bonchev–Trinajstić information content (AvgIpc) is 3.25. The molecule has 2 aromatic heterocycles. The second-order valence-electron chi connectivity index (χ2n) is 7.68. The molecule has 166 valence electrons. The number of aromatic nitrogens is 5. The molecule has 0 radical (unpaired) electrons. The van der Waals surface area contributed by atoms with Gasteiger partial charge in [-0.3, -0.25) is 9.78 Å². The average molecular weight is 483 g/mol. The van der Waals surface area contributed by atoms with Crippen LogP contribution >= 0.6 is 23.2 Å². The molecule has 33 heavy (non-hydrogen) atoms. The summed E-state index contributed by atoms with van der Waals surface area (Å²) in [6.45, 7) is 3.67. The fourth-order valence-corrected chi connectivity index (χ4v) is 4.43. The van der Waals surface area contributed by atoms with Gasteiger partial charge < -0.3 is 4.52 Å². The summed E-state index contributed by atoms with van der Waals surface area (Å²) in [5.41, 5.74) is 0.0322. The van der Waals surface area contributed by atoms with E-state index in [1.54, 1.807) is 6.07 Å². The Morgan fingerprint density at radius 3 is 2.55 bits per heavy atom. The molecule has 0 saturated carbocycles. The lowest BCUT2D eigenvalue weighted by Crippen LogP contribution is -2.30. The number of hydrogen-bond donors (Lipinski definition) is 1. The Kier molecular flexibility index (Phi) is 5.89. The summed E-state index contributed by atoms with van der Waals surface area (Å²) in [4.78, 5) is 30.0. The molecule has 0 unspecified atom stereocenters. The highest BCUT2D eigenvalue weighted by Crippen LogP contribution is 2.41. The van der Waals surface area contributed by atoms with Crippen LogP contribution in [-0.4, -0.2) is 24.9 Å². The summed E-state index contributed by atoms with van der Waals surface area (Å²) in [5, 5.41) is 17.5. The van der Waals surface area contributed by atoms with Crippen LogP contribution in [-0.2, 0) is 11.8 Å². The zero-order valence-corrected chi connectivity index (χ0v) is 19.0. The van der Waals surface area contributed by atoms with E-state index in [1.807, 2.05) is 32.0 Å². The van der Waals surface area contributed by atoms with Crippen LogP contribution < -0.4 is 11.2 Å². The van der Waals surface area contributed by atoms with Crippen LogP contribution in [0.4, 0.5) is 0 Å². The Morgan fingerprint density at radius 1 is 1.18 bits per heavy atom. The van der Waals surface area contributed by atoms with Crippen molar-refractivity contribution in [2.45, 2.75) is 25.7 Å². The Bertz CT molecular complexity index is 1490. The van der Waals surface area contributed by atoms with Gasteiger partial charge in [-0.05, 0) is 37.6 Å². The first-order valence-electron chi connectivity index (χ1n) is 9.70. The second-order valence-corrected chi connectivity index (χ2v) is 8.49. The van der Waals surface area contributed by atoms with Crippen LogP contribution in [0.1, 0.15) is 30.8 Å².